The molecule has 9 heteroatoms. The molecule has 0 atom stereocenters. The van der Waals surface area contributed by atoms with E-state index in [-0.39, 0.29) is 17.7 Å². The molecule has 1 fully saturated rings. The summed E-state index contributed by atoms with van der Waals surface area (Å²) in [5.41, 5.74) is 2.52. The van der Waals surface area contributed by atoms with Gasteiger partial charge in [0, 0.05) is 8.04 Å². The molecule has 4 rings (SSSR count). The van der Waals surface area contributed by atoms with Crippen molar-refractivity contribution >= 4 is 79.1 Å². The average Bonchev–Trinajstić information content (AvgIpc) is 3.08. The summed E-state index contributed by atoms with van der Waals surface area (Å²) in [6.07, 6.45) is 1.66. The van der Waals surface area contributed by atoms with Crippen LogP contribution in [0.25, 0.3) is 6.08 Å². The Labute approximate surface area is 235 Å². The molecule has 0 saturated carbocycles. The van der Waals surface area contributed by atoms with E-state index in [9.17, 15) is 9.59 Å². The topological polar surface area (TPSA) is 55.8 Å². The normalized spacial score (nSPS) is 14.6. The zero-order valence-corrected chi connectivity index (χ0v) is 23.9. The molecule has 5 nitrogen and oxygen atoms in total. The molecule has 0 aliphatic carbocycles. The van der Waals surface area contributed by atoms with Gasteiger partial charge in [-0.2, -0.15) is 0 Å². The van der Waals surface area contributed by atoms with Gasteiger partial charge in [-0.05, 0) is 100 Å². The van der Waals surface area contributed by atoms with E-state index in [2.05, 4.69) is 38.5 Å². The van der Waals surface area contributed by atoms with Gasteiger partial charge in [-0.1, -0.05) is 51.8 Å². The first kappa shape index (κ1) is 26.1. The van der Waals surface area contributed by atoms with Crippen LogP contribution in [0.3, 0.4) is 0 Å². The first-order chi connectivity index (χ1) is 16.8. The minimum Gasteiger partial charge on any atom is -0.490 e. The molecular weight excluding hydrogens is 665 g/mol. The standard InChI is InChI=1S/C26H20BrClINO4S/c1-2-33-22-12-18(11-21(28)24(22)34-15-17-5-9-20(29)10-6-17)13-23-25(31)30(26(32)35-23)14-16-3-7-19(27)8-4-16/h3-13H,2,14-15H2,1H3/b23-13-. The maximum absolute atomic E-state index is 13.0. The summed E-state index contributed by atoms with van der Waals surface area (Å²) >= 11 is 13.1. The van der Waals surface area contributed by atoms with Crippen molar-refractivity contribution in [1.82, 2.24) is 4.90 Å². The van der Waals surface area contributed by atoms with E-state index < -0.39 is 0 Å². The lowest BCUT2D eigenvalue weighted by molar-refractivity contribution is -0.123. The summed E-state index contributed by atoms with van der Waals surface area (Å²) in [6.45, 7) is 2.84. The van der Waals surface area contributed by atoms with Gasteiger partial charge in [0.15, 0.2) is 11.5 Å². The van der Waals surface area contributed by atoms with Gasteiger partial charge in [0.05, 0.1) is 23.1 Å². The molecule has 3 aromatic carbocycles. The molecule has 0 radical (unpaired) electrons. The first-order valence-electron chi connectivity index (χ1n) is 10.7. The van der Waals surface area contributed by atoms with E-state index >= 15 is 0 Å². The molecule has 0 aromatic heterocycles. The summed E-state index contributed by atoms with van der Waals surface area (Å²) in [5.74, 6) is 0.578. The predicted octanol–water partition coefficient (Wildman–Crippen LogP) is 7.92. The zero-order valence-electron chi connectivity index (χ0n) is 18.6. The van der Waals surface area contributed by atoms with Crippen LogP contribution in [0.5, 0.6) is 11.5 Å². The van der Waals surface area contributed by atoms with Crippen molar-refractivity contribution in [2.75, 3.05) is 6.61 Å². The Morgan fingerprint density at radius 1 is 1.03 bits per heavy atom. The Morgan fingerprint density at radius 3 is 2.40 bits per heavy atom. The molecule has 1 heterocycles. The van der Waals surface area contributed by atoms with Gasteiger partial charge < -0.3 is 9.47 Å². The van der Waals surface area contributed by atoms with E-state index in [4.69, 9.17) is 21.1 Å². The van der Waals surface area contributed by atoms with Crippen LogP contribution >= 0.6 is 61.9 Å². The number of hydrogen-bond acceptors (Lipinski definition) is 5. The molecule has 1 aliphatic rings. The van der Waals surface area contributed by atoms with Gasteiger partial charge in [0.2, 0.25) is 0 Å². The second-order valence-corrected chi connectivity index (χ2v) is 11.1. The zero-order chi connectivity index (χ0) is 24.9. The van der Waals surface area contributed by atoms with Crippen molar-refractivity contribution in [1.29, 1.82) is 0 Å². The third-order valence-corrected chi connectivity index (χ3v) is 7.49. The molecule has 0 N–H and O–H groups in total. The number of hydrogen-bond donors (Lipinski definition) is 0. The highest BCUT2D eigenvalue weighted by molar-refractivity contribution is 14.1. The molecule has 35 heavy (non-hydrogen) atoms. The second kappa shape index (κ2) is 11.8. The second-order valence-electron chi connectivity index (χ2n) is 7.57. The van der Waals surface area contributed by atoms with Crippen LogP contribution in [0.15, 0.2) is 70.0 Å². The maximum Gasteiger partial charge on any atom is 0.293 e. The lowest BCUT2D eigenvalue weighted by Gasteiger charge is -2.15. The first-order valence-corrected chi connectivity index (χ1v) is 13.7. The lowest BCUT2D eigenvalue weighted by Crippen LogP contribution is -2.27. The lowest BCUT2D eigenvalue weighted by atomic mass is 10.1. The third-order valence-electron chi connectivity index (χ3n) is 5.05. The molecule has 1 aliphatic heterocycles. The summed E-state index contributed by atoms with van der Waals surface area (Å²) in [4.78, 5) is 27.1. The number of imide groups is 1. The van der Waals surface area contributed by atoms with E-state index in [1.807, 2.05) is 55.5 Å². The number of thioether (sulfide) groups is 1. The molecule has 2 amide bonds. The largest absolute Gasteiger partial charge is 0.490 e. The predicted molar refractivity (Wildman–Crippen MR) is 152 cm³/mol. The van der Waals surface area contributed by atoms with E-state index in [1.165, 1.54) is 4.90 Å². The fraction of sp³-hybridized carbons (Fsp3) is 0.154. The van der Waals surface area contributed by atoms with Gasteiger partial charge in [0.1, 0.15) is 6.61 Å². The number of halogens is 3. The number of amides is 2. The Hall–Kier alpha value is -2.01. The van der Waals surface area contributed by atoms with E-state index in [1.54, 1.807) is 18.2 Å². The summed E-state index contributed by atoms with van der Waals surface area (Å²) in [7, 11) is 0. The van der Waals surface area contributed by atoms with Crippen LogP contribution in [0.4, 0.5) is 4.79 Å². The fourth-order valence-electron chi connectivity index (χ4n) is 3.37. The van der Waals surface area contributed by atoms with Crippen molar-refractivity contribution in [2.45, 2.75) is 20.1 Å². The van der Waals surface area contributed by atoms with Crippen LogP contribution in [0, 0.1) is 3.57 Å². The fourth-order valence-corrected chi connectivity index (χ4v) is 5.11. The Kier molecular flexibility index (Phi) is 8.80. The van der Waals surface area contributed by atoms with E-state index in [0.717, 1.165) is 30.9 Å². The monoisotopic (exact) mass is 683 g/mol. The average molecular weight is 685 g/mol. The number of ether oxygens (including phenoxy) is 2. The maximum atomic E-state index is 13.0. The Morgan fingerprint density at radius 2 is 1.71 bits per heavy atom. The molecule has 0 spiro atoms. The number of rotatable bonds is 8. The minimum absolute atomic E-state index is 0.214. The number of carbonyl (C=O) groups excluding carboxylic acids is 2. The van der Waals surface area contributed by atoms with Crippen LogP contribution in [0.2, 0.25) is 5.02 Å². The molecular formula is C26H20BrClINO4S. The van der Waals surface area contributed by atoms with Gasteiger partial charge in [0.25, 0.3) is 11.1 Å². The van der Waals surface area contributed by atoms with Crippen LogP contribution < -0.4 is 9.47 Å². The van der Waals surface area contributed by atoms with Crippen molar-refractivity contribution in [3.8, 4) is 11.5 Å². The number of carbonyl (C=O) groups is 2. The summed E-state index contributed by atoms with van der Waals surface area (Å²) in [5, 5.41) is 0.0552. The quantitative estimate of drug-likeness (QED) is 0.178. The van der Waals surface area contributed by atoms with Crippen LogP contribution in [-0.2, 0) is 17.9 Å². The molecule has 0 bridgehead atoms. The molecule has 3 aromatic rings. The Balaban J connectivity index is 1.54. The van der Waals surface area contributed by atoms with Crippen molar-refractivity contribution in [3.63, 3.8) is 0 Å². The Bertz CT molecular complexity index is 1280. The third kappa shape index (κ3) is 6.61. The summed E-state index contributed by atoms with van der Waals surface area (Å²) in [6, 6.07) is 19.0. The van der Waals surface area contributed by atoms with Crippen LogP contribution in [0.1, 0.15) is 23.6 Å². The highest BCUT2D eigenvalue weighted by atomic mass is 127. The van der Waals surface area contributed by atoms with Gasteiger partial charge in [-0.25, -0.2) is 0 Å². The van der Waals surface area contributed by atoms with Crippen molar-refractivity contribution in [2.24, 2.45) is 0 Å². The van der Waals surface area contributed by atoms with Gasteiger partial charge >= 0.3 is 0 Å². The van der Waals surface area contributed by atoms with Gasteiger partial charge in [-0.15, -0.1) is 0 Å². The van der Waals surface area contributed by atoms with Crippen molar-refractivity contribution < 1.29 is 19.1 Å². The minimum atomic E-state index is -0.337. The SMILES string of the molecule is CCOc1cc(/C=C2\SC(=O)N(Cc3ccc(Br)cc3)C2=O)cc(Cl)c1OCc1ccc(I)cc1. The van der Waals surface area contributed by atoms with Crippen LogP contribution in [-0.4, -0.2) is 22.7 Å². The van der Waals surface area contributed by atoms with E-state index in [0.29, 0.717) is 40.2 Å². The highest BCUT2D eigenvalue weighted by Gasteiger charge is 2.35. The van der Waals surface area contributed by atoms with Crippen molar-refractivity contribution in [3.05, 3.63) is 95.3 Å². The molecule has 180 valence electrons. The van der Waals surface area contributed by atoms with Gasteiger partial charge in [-0.3, -0.25) is 14.5 Å². The molecule has 0 unspecified atom stereocenters. The smallest absolute Gasteiger partial charge is 0.293 e. The number of benzene rings is 3. The number of nitrogens with zero attached hydrogens (tertiary/aromatic N) is 1. The summed E-state index contributed by atoms with van der Waals surface area (Å²) < 4.78 is 13.8. The highest BCUT2D eigenvalue weighted by Crippen LogP contribution is 2.40. The molecule has 1 saturated heterocycles.